The van der Waals surface area contributed by atoms with Crippen molar-refractivity contribution < 1.29 is 32.1 Å². The van der Waals surface area contributed by atoms with Gasteiger partial charge in [-0.05, 0) is 6.92 Å². The number of hydrogen-bond donors (Lipinski definition) is 0. The van der Waals surface area contributed by atoms with Crippen LogP contribution in [0.15, 0.2) is 12.2 Å². The van der Waals surface area contributed by atoms with Crippen molar-refractivity contribution in [3.63, 3.8) is 0 Å². The van der Waals surface area contributed by atoms with Crippen molar-refractivity contribution in [3.05, 3.63) is 12.2 Å². The standard InChI is InChI=1S/C5H8O2.Cu.O/c1-4(2)5(6)7-3;;/h1H2,2-3H3;;/q;+2;-2. The fourth-order valence-corrected chi connectivity index (χ4v) is 0.174. The Balaban J connectivity index is -0.000000180. The molecule has 4 heteroatoms. The quantitative estimate of drug-likeness (QED) is 0.337. The van der Waals surface area contributed by atoms with Gasteiger partial charge in [-0.25, -0.2) is 4.79 Å². The topological polar surface area (TPSA) is 54.8 Å². The molecule has 0 unspecified atom stereocenters. The minimum absolute atomic E-state index is 0. The summed E-state index contributed by atoms with van der Waals surface area (Å²) >= 11 is 0. The summed E-state index contributed by atoms with van der Waals surface area (Å²) < 4.78 is 4.27. The van der Waals surface area contributed by atoms with E-state index in [1.165, 1.54) is 7.11 Å². The molecule has 0 fully saturated rings. The van der Waals surface area contributed by atoms with Crippen molar-refractivity contribution in [2.24, 2.45) is 0 Å². The van der Waals surface area contributed by atoms with Gasteiger partial charge in [-0.3, -0.25) is 0 Å². The van der Waals surface area contributed by atoms with Crippen LogP contribution >= 0.6 is 0 Å². The first-order chi connectivity index (χ1) is 3.18. The maximum atomic E-state index is 10.2. The summed E-state index contributed by atoms with van der Waals surface area (Å²) in [5.74, 6) is -0.347. The molecular weight excluding hydrogens is 172 g/mol. The first-order valence-electron chi connectivity index (χ1n) is 1.92. The van der Waals surface area contributed by atoms with Crippen LogP contribution in [-0.4, -0.2) is 13.1 Å². The second kappa shape index (κ2) is 7.69. The molecule has 0 saturated heterocycles. The molecule has 0 aliphatic heterocycles. The molecule has 0 aromatic rings. The molecule has 0 saturated carbocycles. The molecular formula is C5H8CuO3. The molecule has 57 valence electrons. The van der Waals surface area contributed by atoms with Gasteiger partial charge in [-0.1, -0.05) is 6.58 Å². The summed E-state index contributed by atoms with van der Waals surface area (Å²) in [6.07, 6.45) is 0. The molecule has 0 spiro atoms. The molecule has 0 atom stereocenters. The van der Waals surface area contributed by atoms with Crippen LogP contribution in [0, 0.1) is 0 Å². The molecule has 0 aromatic carbocycles. The molecule has 0 bridgehead atoms. The van der Waals surface area contributed by atoms with Gasteiger partial charge in [0, 0.05) is 5.57 Å². The van der Waals surface area contributed by atoms with E-state index >= 15 is 0 Å². The van der Waals surface area contributed by atoms with Crippen molar-refractivity contribution in [2.45, 2.75) is 6.92 Å². The van der Waals surface area contributed by atoms with Crippen molar-refractivity contribution in [1.29, 1.82) is 0 Å². The first kappa shape index (κ1) is 15.9. The Labute approximate surface area is 64.9 Å². The molecule has 9 heavy (non-hydrogen) atoms. The van der Waals surface area contributed by atoms with Crippen LogP contribution in [0.2, 0.25) is 0 Å². The molecule has 0 amide bonds. The molecule has 0 N–H and O–H groups in total. The molecule has 1 radical (unpaired) electrons. The van der Waals surface area contributed by atoms with Gasteiger partial charge in [0.1, 0.15) is 0 Å². The summed E-state index contributed by atoms with van der Waals surface area (Å²) in [7, 11) is 1.33. The Morgan fingerprint density at radius 2 is 1.89 bits per heavy atom. The zero-order chi connectivity index (χ0) is 5.86. The van der Waals surface area contributed by atoms with Gasteiger partial charge in [0.15, 0.2) is 0 Å². The maximum absolute atomic E-state index is 10.2. The Kier molecular flexibility index (Phi) is 13.6. The van der Waals surface area contributed by atoms with E-state index in [2.05, 4.69) is 11.3 Å². The van der Waals surface area contributed by atoms with Crippen LogP contribution < -0.4 is 0 Å². The Morgan fingerprint density at radius 1 is 1.56 bits per heavy atom. The Morgan fingerprint density at radius 3 is 1.89 bits per heavy atom. The van der Waals surface area contributed by atoms with E-state index in [-0.39, 0.29) is 28.5 Å². The van der Waals surface area contributed by atoms with E-state index < -0.39 is 0 Å². The van der Waals surface area contributed by atoms with Crippen molar-refractivity contribution in [3.8, 4) is 0 Å². The second-order valence-corrected chi connectivity index (χ2v) is 1.27. The third-order valence-electron chi connectivity index (χ3n) is 0.534. The zero-order valence-electron chi connectivity index (χ0n) is 5.23. The second-order valence-electron chi connectivity index (χ2n) is 1.27. The molecule has 0 aliphatic carbocycles. The third kappa shape index (κ3) is 7.69. The van der Waals surface area contributed by atoms with Gasteiger partial charge in [0.2, 0.25) is 0 Å². The minimum atomic E-state index is -0.347. The van der Waals surface area contributed by atoms with Gasteiger partial charge < -0.3 is 10.2 Å². The van der Waals surface area contributed by atoms with E-state index in [4.69, 9.17) is 0 Å². The van der Waals surface area contributed by atoms with Crippen LogP contribution in [0.5, 0.6) is 0 Å². The monoisotopic (exact) mass is 179 g/mol. The predicted octanol–water partition coefficient (Wildman–Crippen LogP) is 0.614. The summed E-state index contributed by atoms with van der Waals surface area (Å²) in [6, 6.07) is 0. The summed E-state index contributed by atoms with van der Waals surface area (Å²) in [5, 5.41) is 0. The zero-order valence-corrected chi connectivity index (χ0v) is 6.18. The number of methoxy groups -OCH3 is 1. The molecule has 0 rings (SSSR count). The number of hydrogen-bond acceptors (Lipinski definition) is 2. The van der Waals surface area contributed by atoms with Gasteiger partial charge in [-0.15, -0.1) is 0 Å². The SMILES string of the molecule is C=C(C)C(=O)OC.[Cu+2].[O-2]. The third-order valence-corrected chi connectivity index (χ3v) is 0.534. The van der Waals surface area contributed by atoms with Gasteiger partial charge >= 0.3 is 23.0 Å². The number of ether oxygens (including phenoxy) is 1. The summed E-state index contributed by atoms with van der Waals surface area (Å²) in [5.41, 5.74) is 0.433. The van der Waals surface area contributed by atoms with Crippen molar-refractivity contribution >= 4 is 5.97 Å². The number of carbonyl (C=O) groups excluding carboxylic acids is 1. The molecule has 0 aliphatic rings. The van der Waals surface area contributed by atoms with Crippen LogP contribution in [0.1, 0.15) is 6.92 Å². The smallest absolute Gasteiger partial charge is 2.00 e. The van der Waals surface area contributed by atoms with E-state index in [1.807, 2.05) is 0 Å². The van der Waals surface area contributed by atoms with E-state index in [1.54, 1.807) is 6.92 Å². The Bertz CT molecular complexity index is 100. The van der Waals surface area contributed by atoms with Gasteiger partial charge in [0.25, 0.3) is 0 Å². The maximum Gasteiger partial charge on any atom is 2.00 e. The van der Waals surface area contributed by atoms with Gasteiger partial charge in [0.05, 0.1) is 7.11 Å². The van der Waals surface area contributed by atoms with Crippen molar-refractivity contribution in [1.82, 2.24) is 0 Å². The minimum Gasteiger partial charge on any atom is -2.00 e. The van der Waals surface area contributed by atoms with Gasteiger partial charge in [-0.2, -0.15) is 0 Å². The molecule has 0 aromatic heterocycles. The van der Waals surface area contributed by atoms with E-state index in [9.17, 15) is 4.79 Å². The Hall–Kier alpha value is -0.311. The fraction of sp³-hybridized carbons (Fsp3) is 0.400. The molecule has 3 nitrogen and oxygen atoms in total. The normalized spacial score (nSPS) is 6.00. The fourth-order valence-electron chi connectivity index (χ4n) is 0.174. The van der Waals surface area contributed by atoms with E-state index in [0.29, 0.717) is 5.57 Å². The summed E-state index contributed by atoms with van der Waals surface area (Å²) in [6.45, 7) is 4.95. The molecule has 0 heterocycles. The largest absolute Gasteiger partial charge is 2.00 e. The van der Waals surface area contributed by atoms with Crippen molar-refractivity contribution in [2.75, 3.05) is 7.11 Å². The average Bonchev–Trinajstić information content (AvgIpc) is 1.65. The first-order valence-corrected chi connectivity index (χ1v) is 1.92. The van der Waals surface area contributed by atoms with Crippen LogP contribution in [-0.2, 0) is 32.1 Å². The van der Waals surface area contributed by atoms with Crippen LogP contribution in [0.3, 0.4) is 0 Å². The van der Waals surface area contributed by atoms with Crippen LogP contribution in [0.4, 0.5) is 0 Å². The number of rotatable bonds is 1. The average molecular weight is 180 g/mol. The predicted molar refractivity (Wildman–Crippen MR) is 27.5 cm³/mol. The number of carbonyl (C=O) groups is 1. The number of esters is 1. The summed E-state index contributed by atoms with van der Waals surface area (Å²) in [4.78, 5) is 10.2. The van der Waals surface area contributed by atoms with E-state index in [0.717, 1.165) is 0 Å². The van der Waals surface area contributed by atoms with Crippen LogP contribution in [0.25, 0.3) is 0 Å².